The molecule has 1 amide bonds. The quantitative estimate of drug-likeness (QED) is 0.894. The first-order valence-electron chi connectivity index (χ1n) is 6.99. The molecule has 21 heavy (non-hydrogen) atoms. The van der Waals surface area contributed by atoms with E-state index in [0.29, 0.717) is 43.2 Å². The molecular weight excluding hydrogens is 270 g/mol. The van der Waals surface area contributed by atoms with E-state index in [-0.39, 0.29) is 5.91 Å². The second-order valence-corrected chi connectivity index (χ2v) is 4.75. The Bertz CT molecular complexity index is 611. The lowest BCUT2D eigenvalue weighted by atomic mass is 10.2. The lowest BCUT2D eigenvalue weighted by Crippen LogP contribution is -2.25. The number of ether oxygens (including phenoxy) is 2. The lowest BCUT2D eigenvalue weighted by molar-refractivity contribution is 0.0953. The third-order valence-electron chi connectivity index (χ3n) is 3.21. The fourth-order valence-electron chi connectivity index (χ4n) is 2.14. The van der Waals surface area contributed by atoms with Gasteiger partial charge < -0.3 is 19.8 Å². The minimum atomic E-state index is -0.128. The molecule has 0 atom stereocenters. The molecule has 0 unspecified atom stereocenters. The molecule has 0 saturated carbocycles. The van der Waals surface area contributed by atoms with Gasteiger partial charge in [0.15, 0.2) is 11.5 Å². The normalized spacial score (nSPS) is 13.5. The SMILES string of the molecule is O=C(NCCc1ncc[nH]1)c1ccc2c(c1)OCCCO2. The molecule has 6 heteroatoms. The smallest absolute Gasteiger partial charge is 0.251 e. The molecule has 0 fully saturated rings. The summed E-state index contributed by atoms with van der Waals surface area (Å²) in [5.74, 6) is 2.05. The highest BCUT2D eigenvalue weighted by atomic mass is 16.5. The Morgan fingerprint density at radius 2 is 2.14 bits per heavy atom. The van der Waals surface area contributed by atoms with Crippen molar-refractivity contribution in [2.45, 2.75) is 12.8 Å². The van der Waals surface area contributed by atoms with Crippen LogP contribution in [0.15, 0.2) is 30.6 Å². The summed E-state index contributed by atoms with van der Waals surface area (Å²) in [6.45, 7) is 1.78. The Labute approximate surface area is 122 Å². The van der Waals surface area contributed by atoms with Crippen molar-refractivity contribution in [3.05, 3.63) is 42.0 Å². The van der Waals surface area contributed by atoms with E-state index in [0.717, 1.165) is 12.2 Å². The van der Waals surface area contributed by atoms with E-state index >= 15 is 0 Å². The number of amides is 1. The number of benzene rings is 1. The second-order valence-electron chi connectivity index (χ2n) is 4.75. The van der Waals surface area contributed by atoms with Crippen molar-refractivity contribution in [3.63, 3.8) is 0 Å². The van der Waals surface area contributed by atoms with E-state index in [1.807, 2.05) is 0 Å². The van der Waals surface area contributed by atoms with Gasteiger partial charge in [-0.3, -0.25) is 4.79 Å². The summed E-state index contributed by atoms with van der Waals surface area (Å²) in [5, 5.41) is 2.86. The first kappa shape index (κ1) is 13.5. The highest BCUT2D eigenvalue weighted by Gasteiger charge is 2.13. The number of rotatable bonds is 4. The van der Waals surface area contributed by atoms with Crippen LogP contribution in [-0.2, 0) is 6.42 Å². The number of H-pyrrole nitrogens is 1. The molecule has 0 aliphatic carbocycles. The van der Waals surface area contributed by atoms with Gasteiger partial charge in [-0.15, -0.1) is 0 Å². The maximum atomic E-state index is 12.1. The van der Waals surface area contributed by atoms with Crippen LogP contribution in [0.2, 0.25) is 0 Å². The lowest BCUT2D eigenvalue weighted by Gasteiger charge is -2.09. The number of nitrogens with one attached hydrogen (secondary N) is 2. The Hall–Kier alpha value is -2.50. The van der Waals surface area contributed by atoms with Crippen LogP contribution in [0.3, 0.4) is 0 Å². The molecule has 1 aromatic carbocycles. The van der Waals surface area contributed by atoms with Gasteiger partial charge in [0.1, 0.15) is 5.82 Å². The molecule has 0 radical (unpaired) electrons. The number of carbonyl (C=O) groups excluding carboxylic acids is 1. The number of nitrogens with zero attached hydrogens (tertiary/aromatic N) is 1. The van der Waals surface area contributed by atoms with Crippen LogP contribution >= 0.6 is 0 Å². The van der Waals surface area contributed by atoms with Crippen molar-refractivity contribution in [2.75, 3.05) is 19.8 Å². The number of aromatic amines is 1. The van der Waals surface area contributed by atoms with Gasteiger partial charge in [0.25, 0.3) is 5.91 Å². The average Bonchev–Trinajstić information content (AvgIpc) is 2.90. The largest absolute Gasteiger partial charge is 0.490 e. The molecule has 2 aromatic rings. The molecular formula is C15H17N3O3. The van der Waals surface area contributed by atoms with E-state index in [9.17, 15) is 4.79 Å². The molecule has 2 N–H and O–H groups in total. The maximum absolute atomic E-state index is 12.1. The summed E-state index contributed by atoms with van der Waals surface area (Å²) in [6.07, 6.45) is 4.98. The average molecular weight is 287 g/mol. The van der Waals surface area contributed by atoms with Crippen LogP contribution in [0, 0.1) is 0 Å². The van der Waals surface area contributed by atoms with E-state index in [4.69, 9.17) is 9.47 Å². The van der Waals surface area contributed by atoms with Gasteiger partial charge >= 0.3 is 0 Å². The number of hydrogen-bond acceptors (Lipinski definition) is 4. The Kier molecular flexibility index (Phi) is 4.04. The van der Waals surface area contributed by atoms with Crippen LogP contribution in [-0.4, -0.2) is 35.6 Å². The fraction of sp³-hybridized carbons (Fsp3) is 0.333. The molecule has 110 valence electrons. The van der Waals surface area contributed by atoms with Gasteiger partial charge in [0.05, 0.1) is 13.2 Å². The third kappa shape index (κ3) is 3.34. The maximum Gasteiger partial charge on any atom is 0.251 e. The topological polar surface area (TPSA) is 76.2 Å². The summed E-state index contributed by atoms with van der Waals surface area (Å²) >= 11 is 0. The summed E-state index contributed by atoms with van der Waals surface area (Å²) < 4.78 is 11.1. The van der Waals surface area contributed by atoms with E-state index in [1.165, 1.54) is 0 Å². The van der Waals surface area contributed by atoms with Crippen molar-refractivity contribution in [3.8, 4) is 11.5 Å². The van der Waals surface area contributed by atoms with Crippen molar-refractivity contribution in [1.82, 2.24) is 15.3 Å². The molecule has 3 rings (SSSR count). The first-order valence-corrected chi connectivity index (χ1v) is 6.99. The van der Waals surface area contributed by atoms with E-state index in [2.05, 4.69) is 15.3 Å². The zero-order valence-corrected chi connectivity index (χ0v) is 11.6. The number of hydrogen-bond donors (Lipinski definition) is 2. The molecule has 0 spiro atoms. The molecule has 0 saturated heterocycles. The minimum Gasteiger partial charge on any atom is -0.490 e. The van der Waals surface area contributed by atoms with Gasteiger partial charge in [-0.1, -0.05) is 0 Å². The number of carbonyl (C=O) groups is 1. The Morgan fingerprint density at radius 3 is 2.95 bits per heavy atom. The summed E-state index contributed by atoms with van der Waals surface area (Å²) in [7, 11) is 0. The highest BCUT2D eigenvalue weighted by molar-refractivity contribution is 5.94. The van der Waals surface area contributed by atoms with Crippen molar-refractivity contribution in [1.29, 1.82) is 0 Å². The Morgan fingerprint density at radius 1 is 1.29 bits per heavy atom. The van der Waals surface area contributed by atoms with E-state index < -0.39 is 0 Å². The van der Waals surface area contributed by atoms with Gasteiger partial charge in [-0.25, -0.2) is 4.98 Å². The summed E-state index contributed by atoms with van der Waals surface area (Å²) in [4.78, 5) is 19.2. The zero-order valence-electron chi connectivity index (χ0n) is 11.6. The van der Waals surface area contributed by atoms with E-state index in [1.54, 1.807) is 30.6 Å². The van der Waals surface area contributed by atoms with Crippen LogP contribution < -0.4 is 14.8 Å². The number of imidazole rings is 1. The van der Waals surface area contributed by atoms with Gasteiger partial charge in [-0.05, 0) is 18.2 Å². The monoisotopic (exact) mass is 287 g/mol. The number of fused-ring (bicyclic) bond motifs is 1. The standard InChI is InChI=1S/C15H17N3O3/c19-15(18-5-4-14-16-6-7-17-14)11-2-3-12-13(10-11)21-9-1-8-20-12/h2-3,6-7,10H,1,4-5,8-9H2,(H,16,17)(H,18,19). The van der Waals surface area contributed by atoms with Crippen molar-refractivity contribution < 1.29 is 14.3 Å². The van der Waals surface area contributed by atoms with Gasteiger partial charge in [0.2, 0.25) is 0 Å². The first-order chi connectivity index (χ1) is 10.3. The third-order valence-corrected chi connectivity index (χ3v) is 3.21. The molecule has 2 heterocycles. The molecule has 1 aromatic heterocycles. The van der Waals surface area contributed by atoms with Crippen LogP contribution in [0.4, 0.5) is 0 Å². The van der Waals surface area contributed by atoms with Crippen LogP contribution in [0.1, 0.15) is 22.6 Å². The second kappa shape index (κ2) is 6.30. The fourth-order valence-corrected chi connectivity index (χ4v) is 2.14. The summed E-state index contributed by atoms with van der Waals surface area (Å²) in [6, 6.07) is 5.25. The minimum absolute atomic E-state index is 0.128. The van der Waals surface area contributed by atoms with Crippen molar-refractivity contribution >= 4 is 5.91 Å². The Balaban J connectivity index is 1.60. The van der Waals surface area contributed by atoms with Crippen LogP contribution in [0.5, 0.6) is 11.5 Å². The number of aromatic nitrogens is 2. The molecule has 0 bridgehead atoms. The van der Waals surface area contributed by atoms with Crippen molar-refractivity contribution in [2.24, 2.45) is 0 Å². The zero-order chi connectivity index (χ0) is 14.5. The molecule has 1 aliphatic heterocycles. The predicted molar refractivity (Wildman–Crippen MR) is 76.7 cm³/mol. The molecule has 1 aliphatic rings. The predicted octanol–water partition coefficient (Wildman–Crippen LogP) is 1.54. The highest BCUT2D eigenvalue weighted by Crippen LogP contribution is 2.30. The molecule has 6 nitrogen and oxygen atoms in total. The van der Waals surface area contributed by atoms with Crippen LogP contribution in [0.25, 0.3) is 0 Å². The summed E-state index contributed by atoms with van der Waals surface area (Å²) in [5.41, 5.74) is 0.568. The van der Waals surface area contributed by atoms with Gasteiger partial charge in [0, 0.05) is 37.3 Å². The van der Waals surface area contributed by atoms with Gasteiger partial charge in [-0.2, -0.15) is 0 Å².